The van der Waals surface area contributed by atoms with Gasteiger partial charge in [0.2, 0.25) is 0 Å². The van der Waals surface area contributed by atoms with E-state index in [0.717, 1.165) is 0 Å². The second-order valence-electron chi connectivity index (χ2n) is 1.49. The highest BCUT2D eigenvalue weighted by Gasteiger charge is 2.17. The Morgan fingerprint density at radius 2 is 1.07 bits per heavy atom. The maximum absolute atomic E-state index is 10.2. The molecule has 0 amide bonds. The summed E-state index contributed by atoms with van der Waals surface area (Å²) in [6.07, 6.45) is 0. The molecule has 14 heavy (non-hydrogen) atoms. The maximum Gasteiger partial charge on any atom is 0.430 e. The van der Waals surface area contributed by atoms with Gasteiger partial charge in [-0.2, -0.15) is 0 Å². The zero-order valence-electron chi connectivity index (χ0n) is 6.16. The van der Waals surface area contributed by atoms with Crippen molar-refractivity contribution in [2.24, 2.45) is 0 Å². The molecule has 0 aliphatic carbocycles. The minimum Gasteiger partial charge on any atom is -0.473 e. The molecule has 0 aliphatic rings. The molecule has 0 spiro atoms. The first-order valence-electron chi connectivity index (χ1n) is 2.67. The van der Waals surface area contributed by atoms with E-state index in [9.17, 15) is 19.2 Å². The minimum atomic E-state index is -1.82. The van der Waals surface area contributed by atoms with E-state index >= 15 is 0 Å². The van der Waals surface area contributed by atoms with Gasteiger partial charge in [-0.05, 0) is 0 Å². The van der Waals surface area contributed by atoms with E-state index in [1.807, 2.05) is 0 Å². The fourth-order valence-corrected chi connectivity index (χ4v) is 1.02. The number of aliphatic carboxylic acids is 2. The first kappa shape index (κ1) is 12.6. The van der Waals surface area contributed by atoms with E-state index in [4.69, 9.17) is 10.2 Å². The number of carboxylic acids is 2. The van der Waals surface area contributed by atoms with Gasteiger partial charge >= 0.3 is 23.9 Å². The van der Waals surface area contributed by atoms with E-state index in [2.05, 4.69) is 8.37 Å². The molecule has 78 valence electrons. The van der Waals surface area contributed by atoms with Crippen molar-refractivity contribution in [2.75, 3.05) is 0 Å². The summed E-state index contributed by atoms with van der Waals surface area (Å²) in [4.78, 5) is 40.1. The standard InChI is InChI=1S/C4H2O8S2/c5-1(6)3(9)11-13-14-12-4(10)2(7)8/h(H,5,6)(H,7,8). The maximum atomic E-state index is 10.2. The van der Waals surface area contributed by atoms with E-state index in [0.29, 0.717) is 0 Å². The van der Waals surface area contributed by atoms with E-state index in [1.165, 1.54) is 0 Å². The zero-order valence-corrected chi connectivity index (χ0v) is 7.79. The number of carbonyl (C=O) groups excluding carboxylic acids is 2. The average Bonchev–Trinajstić information content (AvgIpc) is 2.11. The number of carboxylic acid groups (broad SMARTS) is 2. The summed E-state index contributed by atoms with van der Waals surface area (Å²) in [5.74, 6) is -6.76. The first-order chi connectivity index (χ1) is 6.45. The second-order valence-corrected chi connectivity index (χ2v) is 2.91. The predicted molar refractivity (Wildman–Crippen MR) is 42.6 cm³/mol. The minimum absolute atomic E-state index is 0.115. The molecule has 0 saturated heterocycles. The smallest absolute Gasteiger partial charge is 0.430 e. The highest BCUT2D eigenvalue weighted by molar-refractivity contribution is 8.73. The molecule has 0 aromatic heterocycles. The van der Waals surface area contributed by atoms with Gasteiger partial charge in [0.05, 0.1) is 0 Å². The molecule has 8 nitrogen and oxygen atoms in total. The predicted octanol–water partition coefficient (Wildman–Crippen LogP) is -0.547. The van der Waals surface area contributed by atoms with Crippen molar-refractivity contribution in [2.45, 2.75) is 0 Å². The normalized spacial score (nSPS) is 8.86. The molecule has 0 rings (SSSR count). The highest BCUT2D eigenvalue weighted by Crippen LogP contribution is 2.23. The quantitative estimate of drug-likeness (QED) is 0.288. The van der Waals surface area contributed by atoms with Crippen LogP contribution in [0, 0.1) is 0 Å². The van der Waals surface area contributed by atoms with Crippen LogP contribution in [0.3, 0.4) is 0 Å². The Kier molecular flexibility index (Phi) is 5.48. The van der Waals surface area contributed by atoms with E-state index < -0.39 is 23.9 Å². The fourth-order valence-electron chi connectivity index (χ4n) is 0.161. The molecule has 0 aliphatic heterocycles. The van der Waals surface area contributed by atoms with Crippen LogP contribution in [0.1, 0.15) is 0 Å². The molecule has 10 heteroatoms. The first-order valence-corrected chi connectivity index (χ1v) is 4.67. The summed E-state index contributed by atoms with van der Waals surface area (Å²) in [5.41, 5.74) is 0. The van der Waals surface area contributed by atoms with Crippen molar-refractivity contribution >= 4 is 46.0 Å². The van der Waals surface area contributed by atoms with Crippen LogP contribution in [0.15, 0.2) is 0 Å². The van der Waals surface area contributed by atoms with Crippen molar-refractivity contribution in [1.82, 2.24) is 0 Å². The fraction of sp³-hybridized carbons (Fsp3) is 0. The lowest BCUT2D eigenvalue weighted by molar-refractivity contribution is -0.157. The Hall–Kier alpha value is -1.42. The molecule has 0 aromatic rings. The molecule has 0 atom stereocenters. The van der Waals surface area contributed by atoms with Crippen LogP contribution >= 0.6 is 22.1 Å². The van der Waals surface area contributed by atoms with Gasteiger partial charge in [-0.25, -0.2) is 19.2 Å². The third-order valence-electron chi connectivity index (χ3n) is 0.596. The van der Waals surface area contributed by atoms with E-state index in [-0.39, 0.29) is 22.1 Å². The molecular weight excluding hydrogens is 240 g/mol. The Morgan fingerprint density at radius 3 is 1.29 bits per heavy atom. The molecule has 0 unspecified atom stereocenters. The number of rotatable bonds is 3. The summed E-state index contributed by atoms with van der Waals surface area (Å²) >= 11 is 0.231. The summed E-state index contributed by atoms with van der Waals surface area (Å²) in [5, 5.41) is 16.0. The molecule has 0 aromatic carbocycles. The zero-order chi connectivity index (χ0) is 11.1. The van der Waals surface area contributed by atoms with Gasteiger partial charge in [-0.3, -0.25) is 0 Å². The summed E-state index contributed by atoms with van der Waals surface area (Å²) < 4.78 is 7.81. The number of hydrogen-bond acceptors (Lipinski definition) is 8. The van der Waals surface area contributed by atoms with Crippen LogP contribution in [-0.4, -0.2) is 34.1 Å². The monoisotopic (exact) mass is 242 g/mol. The second kappa shape index (κ2) is 6.10. The Morgan fingerprint density at radius 1 is 0.786 bits per heavy atom. The van der Waals surface area contributed by atoms with Crippen molar-refractivity contribution in [1.29, 1.82) is 0 Å². The summed E-state index contributed by atoms with van der Waals surface area (Å²) in [6, 6.07) is 0. The lowest BCUT2D eigenvalue weighted by Gasteiger charge is -1.96. The lowest BCUT2D eigenvalue weighted by Crippen LogP contribution is -2.13. The third kappa shape index (κ3) is 5.27. The molecule has 0 bridgehead atoms. The number of hydrogen-bond donors (Lipinski definition) is 2. The van der Waals surface area contributed by atoms with Crippen LogP contribution < -0.4 is 0 Å². The molecule has 2 N–H and O–H groups in total. The Labute approximate surface area is 84.4 Å². The molecule has 0 radical (unpaired) electrons. The average molecular weight is 242 g/mol. The largest absolute Gasteiger partial charge is 0.473 e. The summed E-state index contributed by atoms with van der Waals surface area (Å²) in [7, 11) is 0. The van der Waals surface area contributed by atoms with Crippen LogP contribution in [0.2, 0.25) is 0 Å². The van der Waals surface area contributed by atoms with Gasteiger partial charge < -0.3 is 18.6 Å². The summed E-state index contributed by atoms with van der Waals surface area (Å²) in [6.45, 7) is 0. The lowest BCUT2D eigenvalue weighted by atomic mass is 10.7. The Bertz CT molecular complexity index is 245. The molecular formula is C4H2O8S2. The van der Waals surface area contributed by atoms with Crippen LogP contribution in [0.4, 0.5) is 0 Å². The van der Waals surface area contributed by atoms with E-state index in [1.54, 1.807) is 0 Å². The van der Waals surface area contributed by atoms with Gasteiger partial charge in [0, 0.05) is 0 Å². The van der Waals surface area contributed by atoms with Crippen LogP contribution in [0.5, 0.6) is 0 Å². The van der Waals surface area contributed by atoms with Crippen molar-refractivity contribution in [3.05, 3.63) is 0 Å². The van der Waals surface area contributed by atoms with Gasteiger partial charge in [-0.1, -0.05) is 0 Å². The topological polar surface area (TPSA) is 127 Å². The van der Waals surface area contributed by atoms with Gasteiger partial charge in [0.1, 0.15) is 0 Å². The van der Waals surface area contributed by atoms with Gasteiger partial charge in [0.15, 0.2) is 22.1 Å². The number of carbonyl (C=O) groups is 4. The van der Waals surface area contributed by atoms with Gasteiger partial charge in [-0.15, -0.1) is 0 Å². The molecule has 0 fully saturated rings. The highest BCUT2D eigenvalue weighted by atomic mass is 33.1. The Balaban J connectivity index is 3.57. The third-order valence-corrected chi connectivity index (χ3v) is 1.67. The van der Waals surface area contributed by atoms with Crippen LogP contribution in [-0.2, 0) is 27.5 Å². The van der Waals surface area contributed by atoms with Crippen LogP contribution in [0.25, 0.3) is 0 Å². The molecule has 0 heterocycles. The van der Waals surface area contributed by atoms with Gasteiger partial charge in [0.25, 0.3) is 0 Å². The van der Waals surface area contributed by atoms with Crippen molar-refractivity contribution < 1.29 is 37.8 Å². The SMILES string of the molecule is O=C(O)C(=O)OSSOC(=O)C(=O)O. The molecule has 0 saturated carbocycles. The van der Waals surface area contributed by atoms with Crippen molar-refractivity contribution in [3.63, 3.8) is 0 Å². The van der Waals surface area contributed by atoms with Crippen molar-refractivity contribution in [3.8, 4) is 0 Å².